The topological polar surface area (TPSA) is 52.6 Å². The van der Waals surface area contributed by atoms with Crippen molar-refractivity contribution < 1.29 is 19.1 Å². The summed E-state index contributed by atoms with van der Waals surface area (Å²) in [6.45, 7) is 2.18. The fourth-order valence-corrected chi connectivity index (χ4v) is 2.31. The molecule has 20 heavy (non-hydrogen) atoms. The molecule has 4 nitrogen and oxygen atoms in total. The third kappa shape index (κ3) is 10.8. The molecule has 0 amide bonds. The van der Waals surface area contributed by atoms with Gasteiger partial charge in [-0.15, -0.1) is 0 Å². The molecule has 0 aliphatic heterocycles. The van der Waals surface area contributed by atoms with Gasteiger partial charge in [0.15, 0.2) is 0 Å². The highest BCUT2D eigenvalue weighted by molar-refractivity contribution is 5.69. The van der Waals surface area contributed by atoms with Gasteiger partial charge in [0.05, 0.1) is 14.2 Å². The number of ether oxygens (including phenoxy) is 2. The summed E-state index contributed by atoms with van der Waals surface area (Å²) in [7, 11) is 2.87. The van der Waals surface area contributed by atoms with Crippen LogP contribution in [-0.2, 0) is 19.1 Å². The maximum atomic E-state index is 11.1. The van der Waals surface area contributed by atoms with Crippen molar-refractivity contribution in [3.8, 4) is 0 Å². The third-order valence-electron chi connectivity index (χ3n) is 3.78. The Morgan fingerprint density at radius 2 is 1.35 bits per heavy atom. The van der Waals surface area contributed by atoms with E-state index in [-0.39, 0.29) is 11.9 Å². The van der Waals surface area contributed by atoms with Crippen molar-refractivity contribution in [3.63, 3.8) is 0 Å². The Morgan fingerprint density at radius 3 is 1.95 bits per heavy atom. The van der Waals surface area contributed by atoms with E-state index in [1.54, 1.807) is 0 Å². The third-order valence-corrected chi connectivity index (χ3v) is 3.78. The van der Waals surface area contributed by atoms with E-state index in [1.165, 1.54) is 39.9 Å². The number of esters is 2. The molecule has 0 bridgehead atoms. The van der Waals surface area contributed by atoms with Crippen LogP contribution in [0.25, 0.3) is 0 Å². The van der Waals surface area contributed by atoms with Crippen LogP contribution >= 0.6 is 0 Å². The van der Waals surface area contributed by atoms with Gasteiger partial charge in [0, 0.05) is 12.8 Å². The smallest absolute Gasteiger partial charge is 0.305 e. The number of hydrogen-bond donors (Lipinski definition) is 0. The van der Waals surface area contributed by atoms with Crippen LogP contribution in [0.5, 0.6) is 0 Å². The first-order chi connectivity index (χ1) is 9.63. The number of unbranched alkanes of at least 4 members (excludes halogenated alkanes) is 4. The van der Waals surface area contributed by atoms with Crippen LogP contribution < -0.4 is 0 Å². The monoisotopic (exact) mass is 286 g/mol. The van der Waals surface area contributed by atoms with E-state index >= 15 is 0 Å². The Balaban J connectivity index is 3.46. The van der Waals surface area contributed by atoms with E-state index in [2.05, 4.69) is 16.4 Å². The highest BCUT2D eigenvalue weighted by Crippen LogP contribution is 2.20. The van der Waals surface area contributed by atoms with Gasteiger partial charge >= 0.3 is 11.9 Å². The van der Waals surface area contributed by atoms with E-state index in [9.17, 15) is 9.59 Å². The fraction of sp³-hybridized carbons (Fsp3) is 0.875. The lowest BCUT2D eigenvalue weighted by molar-refractivity contribution is -0.141. The number of carbonyl (C=O) groups excluding carboxylic acids is 2. The van der Waals surface area contributed by atoms with E-state index in [0.717, 1.165) is 25.7 Å². The zero-order chi connectivity index (χ0) is 15.2. The molecule has 1 unspecified atom stereocenters. The van der Waals surface area contributed by atoms with Gasteiger partial charge in [-0.05, 0) is 18.8 Å². The van der Waals surface area contributed by atoms with Crippen LogP contribution in [0.1, 0.15) is 71.1 Å². The lowest BCUT2D eigenvalue weighted by Crippen LogP contribution is -2.06. The summed E-state index contributed by atoms with van der Waals surface area (Å²) in [5.41, 5.74) is 0. The van der Waals surface area contributed by atoms with Crippen LogP contribution in [0, 0.1) is 5.92 Å². The molecule has 0 fully saturated rings. The zero-order valence-electron chi connectivity index (χ0n) is 13.3. The molecule has 0 N–H and O–H groups in total. The second kappa shape index (κ2) is 12.9. The molecule has 0 aromatic heterocycles. The molecular weight excluding hydrogens is 256 g/mol. The second-order valence-corrected chi connectivity index (χ2v) is 5.27. The van der Waals surface area contributed by atoms with E-state index in [1.807, 2.05) is 0 Å². The number of hydrogen-bond acceptors (Lipinski definition) is 4. The molecule has 0 rings (SSSR count). The summed E-state index contributed by atoms with van der Waals surface area (Å²) < 4.78 is 9.27. The molecule has 0 saturated carbocycles. The van der Waals surface area contributed by atoms with Gasteiger partial charge in [-0.1, -0.05) is 45.4 Å². The van der Waals surface area contributed by atoms with E-state index in [0.29, 0.717) is 18.8 Å². The normalized spacial score (nSPS) is 11.9. The highest BCUT2D eigenvalue weighted by Gasteiger charge is 2.09. The van der Waals surface area contributed by atoms with Crippen molar-refractivity contribution >= 4 is 11.9 Å². The second-order valence-electron chi connectivity index (χ2n) is 5.27. The maximum Gasteiger partial charge on any atom is 0.305 e. The first kappa shape index (κ1) is 18.9. The van der Waals surface area contributed by atoms with Gasteiger partial charge in [0.1, 0.15) is 0 Å². The molecule has 0 aliphatic rings. The summed E-state index contributed by atoms with van der Waals surface area (Å²) in [6, 6.07) is 0. The van der Waals surface area contributed by atoms with Crippen molar-refractivity contribution in [1.82, 2.24) is 0 Å². The molecule has 0 heterocycles. The molecule has 1 atom stereocenters. The quantitative estimate of drug-likeness (QED) is 0.404. The van der Waals surface area contributed by atoms with Crippen LogP contribution in [0.3, 0.4) is 0 Å². The summed E-state index contributed by atoms with van der Waals surface area (Å²) in [6.07, 6.45) is 9.91. The lowest BCUT2D eigenvalue weighted by atomic mass is 9.93. The molecule has 0 spiro atoms. The maximum absolute atomic E-state index is 11.1. The predicted octanol–water partition coefficient (Wildman–Crippen LogP) is 3.87. The number of methoxy groups -OCH3 is 2. The molecule has 0 aromatic rings. The van der Waals surface area contributed by atoms with Gasteiger partial charge in [-0.25, -0.2) is 0 Å². The zero-order valence-corrected chi connectivity index (χ0v) is 13.3. The van der Waals surface area contributed by atoms with E-state index < -0.39 is 0 Å². The average molecular weight is 286 g/mol. The minimum Gasteiger partial charge on any atom is -0.469 e. The Hall–Kier alpha value is -1.06. The lowest BCUT2D eigenvalue weighted by Gasteiger charge is -2.13. The summed E-state index contributed by atoms with van der Waals surface area (Å²) in [4.78, 5) is 22.0. The van der Waals surface area contributed by atoms with Crippen molar-refractivity contribution in [2.75, 3.05) is 14.2 Å². The molecule has 0 aliphatic carbocycles. The SMILES string of the molecule is CCC(CCCCCCCC(=O)OC)CCC(=O)OC. The van der Waals surface area contributed by atoms with Crippen molar-refractivity contribution in [3.05, 3.63) is 0 Å². The Labute approximate surface area is 123 Å². The van der Waals surface area contributed by atoms with E-state index in [4.69, 9.17) is 0 Å². The predicted molar refractivity (Wildman–Crippen MR) is 79.4 cm³/mol. The molecule has 0 aromatic carbocycles. The minimum absolute atomic E-state index is 0.105. The van der Waals surface area contributed by atoms with Crippen LogP contribution in [-0.4, -0.2) is 26.2 Å². The van der Waals surface area contributed by atoms with Crippen molar-refractivity contribution in [1.29, 1.82) is 0 Å². The van der Waals surface area contributed by atoms with Crippen molar-refractivity contribution in [2.24, 2.45) is 5.92 Å². The van der Waals surface area contributed by atoms with Gasteiger partial charge in [0.25, 0.3) is 0 Å². The molecule has 118 valence electrons. The number of carbonyl (C=O) groups is 2. The number of rotatable bonds is 12. The standard InChI is InChI=1S/C16H30O4/c1-4-14(12-13-16(18)20-3)10-8-6-5-7-9-11-15(17)19-2/h14H,4-13H2,1-3H3. The molecular formula is C16H30O4. The van der Waals surface area contributed by atoms with Gasteiger partial charge in [-0.3, -0.25) is 9.59 Å². The first-order valence-corrected chi connectivity index (χ1v) is 7.77. The van der Waals surface area contributed by atoms with Crippen molar-refractivity contribution in [2.45, 2.75) is 71.1 Å². The van der Waals surface area contributed by atoms with Crippen LogP contribution in [0.2, 0.25) is 0 Å². The largest absolute Gasteiger partial charge is 0.469 e. The summed E-state index contributed by atoms with van der Waals surface area (Å²) in [5, 5.41) is 0. The molecule has 0 saturated heterocycles. The van der Waals surface area contributed by atoms with Crippen LogP contribution in [0.4, 0.5) is 0 Å². The first-order valence-electron chi connectivity index (χ1n) is 7.77. The summed E-state index contributed by atoms with van der Waals surface area (Å²) >= 11 is 0. The van der Waals surface area contributed by atoms with Gasteiger partial charge < -0.3 is 9.47 Å². The fourth-order valence-electron chi connectivity index (χ4n) is 2.31. The molecule has 4 heteroatoms. The Morgan fingerprint density at radius 1 is 0.800 bits per heavy atom. The minimum atomic E-state index is -0.112. The van der Waals surface area contributed by atoms with Gasteiger partial charge in [-0.2, -0.15) is 0 Å². The Bertz CT molecular complexity index is 263. The highest BCUT2D eigenvalue weighted by atomic mass is 16.5. The van der Waals surface area contributed by atoms with Gasteiger partial charge in [0.2, 0.25) is 0 Å². The van der Waals surface area contributed by atoms with Crippen LogP contribution in [0.15, 0.2) is 0 Å². The Kier molecular flexibility index (Phi) is 12.3. The summed E-state index contributed by atoms with van der Waals surface area (Å²) in [5.74, 6) is 0.411. The average Bonchev–Trinajstić information content (AvgIpc) is 2.48. The molecule has 0 radical (unpaired) electrons.